The van der Waals surface area contributed by atoms with Gasteiger partial charge in [-0.3, -0.25) is 4.79 Å². The maximum atomic E-state index is 13.4. The summed E-state index contributed by atoms with van der Waals surface area (Å²) in [5.41, 5.74) is 0.495. The fourth-order valence-electron chi connectivity index (χ4n) is 3.20. The van der Waals surface area contributed by atoms with Crippen LogP contribution in [0.15, 0.2) is 48.8 Å². The number of ether oxygens (including phenoxy) is 1. The van der Waals surface area contributed by atoms with Crippen molar-refractivity contribution in [2.75, 3.05) is 11.9 Å². The molecule has 0 spiro atoms. The molecule has 0 bridgehead atoms. The summed E-state index contributed by atoms with van der Waals surface area (Å²) in [6.07, 6.45) is -0.366. The van der Waals surface area contributed by atoms with Crippen molar-refractivity contribution in [2.45, 2.75) is 20.3 Å². The number of fused-ring (bicyclic) bond motifs is 1. The van der Waals surface area contributed by atoms with Gasteiger partial charge in [0.25, 0.3) is 12.3 Å². The van der Waals surface area contributed by atoms with Crippen molar-refractivity contribution in [2.24, 2.45) is 0 Å². The molecule has 0 unspecified atom stereocenters. The number of hydrogen-bond donors (Lipinski definition) is 1. The minimum Gasteiger partial charge on any atom is -0.462 e. The number of nitrogens with one attached hydrogen (secondary N) is 1. The molecule has 0 saturated heterocycles. The van der Waals surface area contributed by atoms with E-state index in [4.69, 9.17) is 4.74 Å². The lowest BCUT2D eigenvalue weighted by atomic mass is 10.2. The van der Waals surface area contributed by atoms with Crippen molar-refractivity contribution in [3.63, 3.8) is 0 Å². The molecule has 0 aliphatic carbocycles. The SMILES string of the molecule is CCOC(=O)c1cnn(-c2ccccc2)c1NC(=O)c1cnn2c(C(F)F)cc(C)nc12. The van der Waals surface area contributed by atoms with Crippen LogP contribution >= 0.6 is 0 Å². The van der Waals surface area contributed by atoms with Gasteiger partial charge in [0.2, 0.25) is 0 Å². The molecular weight excluding hydrogens is 422 g/mol. The monoisotopic (exact) mass is 440 g/mol. The number of aryl methyl sites for hydroxylation is 1. The summed E-state index contributed by atoms with van der Waals surface area (Å²) < 4.78 is 34.2. The molecule has 0 radical (unpaired) electrons. The Hall–Kier alpha value is -4.15. The lowest BCUT2D eigenvalue weighted by Crippen LogP contribution is -2.18. The van der Waals surface area contributed by atoms with E-state index in [2.05, 4.69) is 20.5 Å². The number of carbonyl (C=O) groups excluding carboxylic acids is 2. The van der Waals surface area contributed by atoms with Crippen LogP contribution in [0.3, 0.4) is 0 Å². The fourth-order valence-corrected chi connectivity index (χ4v) is 3.20. The van der Waals surface area contributed by atoms with Crippen LogP contribution in [-0.4, -0.2) is 42.9 Å². The van der Waals surface area contributed by atoms with Crippen molar-refractivity contribution < 1.29 is 23.1 Å². The van der Waals surface area contributed by atoms with Crippen molar-refractivity contribution in [1.82, 2.24) is 24.4 Å². The zero-order valence-corrected chi connectivity index (χ0v) is 17.1. The molecule has 0 atom stereocenters. The minimum atomic E-state index is -2.80. The van der Waals surface area contributed by atoms with E-state index in [0.717, 1.165) is 10.7 Å². The molecule has 32 heavy (non-hydrogen) atoms. The first-order valence-electron chi connectivity index (χ1n) is 9.66. The van der Waals surface area contributed by atoms with E-state index in [9.17, 15) is 18.4 Å². The Labute approximate surface area is 180 Å². The van der Waals surface area contributed by atoms with Crippen LogP contribution in [0.1, 0.15) is 45.5 Å². The molecule has 3 heterocycles. The van der Waals surface area contributed by atoms with Gasteiger partial charge in [-0.25, -0.2) is 27.8 Å². The summed E-state index contributed by atoms with van der Waals surface area (Å²) in [5.74, 6) is -1.29. The third kappa shape index (κ3) is 3.80. The number of benzene rings is 1. The van der Waals surface area contributed by atoms with Gasteiger partial charge in [-0.1, -0.05) is 18.2 Å². The predicted octanol–water partition coefficient (Wildman–Crippen LogP) is 3.59. The molecule has 3 aromatic heterocycles. The number of rotatable bonds is 6. The van der Waals surface area contributed by atoms with Crippen molar-refractivity contribution in [3.05, 3.63) is 71.3 Å². The quantitative estimate of drug-likeness (QED) is 0.460. The number of esters is 1. The third-order valence-corrected chi connectivity index (χ3v) is 4.59. The molecule has 1 aromatic carbocycles. The van der Waals surface area contributed by atoms with E-state index in [-0.39, 0.29) is 34.9 Å². The smallest absolute Gasteiger partial charge is 0.343 e. The number of anilines is 1. The van der Waals surface area contributed by atoms with Gasteiger partial charge in [0, 0.05) is 5.69 Å². The Kier molecular flexibility index (Phi) is 5.63. The number of amides is 1. The maximum Gasteiger partial charge on any atom is 0.343 e. The van der Waals surface area contributed by atoms with Crippen molar-refractivity contribution in [1.29, 1.82) is 0 Å². The Morgan fingerprint density at radius 3 is 2.53 bits per heavy atom. The van der Waals surface area contributed by atoms with Gasteiger partial charge in [-0.05, 0) is 32.0 Å². The summed E-state index contributed by atoms with van der Waals surface area (Å²) in [4.78, 5) is 29.7. The Balaban J connectivity index is 1.78. The van der Waals surface area contributed by atoms with Crippen LogP contribution in [0.4, 0.5) is 14.6 Å². The van der Waals surface area contributed by atoms with Crippen LogP contribution in [0.5, 0.6) is 0 Å². The highest BCUT2D eigenvalue weighted by Crippen LogP contribution is 2.25. The van der Waals surface area contributed by atoms with E-state index < -0.39 is 18.3 Å². The average molecular weight is 440 g/mol. The van der Waals surface area contributed by atoms with Crippen molar-refractivity contribution in [3.8, 4) is 5.69 Å². The van der Waals surface area contributed by atoms with Gasteiger partial charge >= 0.3 is 5.97 Å². The normalized spacial score (nSPS) is 11.2. The van der Waals surface area contributed by atoms with Gasteiger partial charge in [0.1, 0.15) is 16.8 Å². The molecule has 0 aliphatic heterocycles. The summed E-state index contributed by atoms with van der Waals surface area (Å²) in [6.45, 7) is 3.34. The predicted molar refractivity (Wildman–Crippen MR) is 110 cm³/mol. The summed E-state index contributed by atoms with van der Waals surface area (Å²) in [7, 11) is 0. The minimum absolute atomic E-state index is 0.0266. The molecule has 0 fully saturated rings. The second-order valence-electron chi connectivity index (χ2n) is 6.75. The molecule has 1 N–H and O–H groups in total. The Bertz CT molecular complexity index is 1300. The topological polar surface area (TPSA) is 103 Å². The van der Waals surface area contributed by atoms with E-state index in [1.807, 2.05) is 6.07 Å². The number of nitrogens with zero attached hydrogens (tertiary/aromatic N) is 5. The molecule has 164 valence electrons. The van der Waals surface area contributed by atoms with E-state index in [1.165, 1.54) is 16.9 Å². The van der Waals surface area contributed by atoms with Crippen LogP contribution in [0.2, 0.25) is 0 Å². The molecule has 4 rings (SSSR count). The highest BCUT2D eigenvalue weighted by Gasteiger charge is 2.25. The standard InChI is InChI=1S/C21H18F2N6O3/c1-3-32-21(31)15-11-24-28(13-7-5-4-6-8-13)19(15)27-20(30)14-10-25-29-16(17(22)23)9-12(2)26-18(14)29/h4-11,17H,3H2,1-2H3,(H,27,30). The summed E-state index contributed by atoms with van der Waals surface area (Å²) in [5, 5.41) is 10.7. The first kappa shape index (κ1) is 21.1. The summed E-state index contributed by atoms with van der Waals surface area (Å²) in [6, 6.07) is 10.0. The second-order valence-corrected chi connectivity index (χ2v) is 6.75. The molecule has 0 saturated carbocycles. The Morgan fingerprint density at radius 1 is 1.12 bits per heavy atom. The highest BCUT2D eigenvalue weighted by atomic mass is 19.3. The largest absolute Gasteiger partial charge is 0.462 e. The third-order valence-electron chi connectivity index (χ3n) is 4.59. The number of hydrogen-bond acceptors (Lipinski definition) is 6. The number of aromatic nitrogens is 5. The van der Waals surface area contributed by atoms with Crippen molar-refractivity contribution >= 4 is 23.3 Å². The lowest BCUT2D eigenvalue weighted by molar-refractivity contribution is 0.0527. The highest BCUT2D eigenvalue weighted by molar-refractivity contribution is 6.10. The molecule has 0 aliphatic rings. The van der Waals surface area contributed by atoms with Gasteiger partial charge in [-0.15, -0.1) is 0 Å². The van der Waals surface area contributed by atoms with Crippen LogP contribution in [0.25, 0.3) is 11.3 Å². The first-order valence-corrected chi connectivity index (χ1v) is 9.66. The number of para-hydroxylation sites is 1. The molecular formula is C21H18F2N6O3. The average Bonchev–Trinajstić information content (AvgIpc) is 3.38. The Morgan fingerprint density at radius 2 is 1.84 bits per heavy atom. The van der Waals surface area contributed by atoms with Gasteiger partial charge in [-0.2, -0.15) is 10.2 Å². The second kappa shape index (κ2) is 8.53. The zero-order chi connectivity index (χ0) is 22.8. The molecule has 9 nitrogen and oxygen atoms in total. The van der Waals surface area contributed by atoms with E-state index >= 15 is 0 Å². The van der Waals surface area contributed by atoms with Gasteiger partial charge in [0.05, 0.1) is 24.7 Å². The van der Waals surface area contributed by atoms with Crippen LogP contribution in [0, 0.1) is 6.92 Å². The lowest BCUT2D eigenvalue weighted by Gasteiger charge is -2.11. The first-order chi connectivity index (χ1) is 15.4. The molecule has 4 aromatic rings. The van der Waals surface area contributed by atoms with E-state index in [0.29, 0.717) is 11.4 Å². The molecule has 1 amide bonds. The maximum absolute atomic E-state index is 13.4. The van der Waals surface area contributed by atoms with Crippen LogP contribution < -0.4 is 5.32 Å². The molecule has 11 heteroatoms. The fraction of sp³-hybridized carbons (Fsp3) is 0.190. The van der Waals surface area contributed by atoms with E-state index in [1.54, 1.807) is 38.1 Å². The zero-order valence-electron chi connectivity index (χ0n) is 17.1. The van der Waals surface area contributed by atoms with Gasteiger partial charge < -0.3 is 10.1 Å². The van der Waals surface area contributed by atoms with Crippen LogP contribution in [-0.2, 0) is 4.74 Å². The summed E-state index contributed by atoms with van der Waals surface area (Å²) >= 11 is 0. The number of carbonyl (C=O) groups is 2. The number of alkyl halides is 2. The van der Waals surface area contributed by atoms with Gasteiger partial charge in [0.15, 0.2) is 11.5 Å². The number of halogens is 2.